The third-order valence-corrected chi connectivity index (χ3v) is 2.74. The van der Waals surface area contributed by atoms with Crippen LogP contribution in [0, 0.1) is 0 Å². The second-order valence-electron chi connectivity index (χ2n) is 4.34. The van der Waals surface area contributed by atoms with E-state index in [1.54, 1.807) is 11.9 Å². The summed E-state index contributed by atoms with van der Waals surface area (Å²) in [6.45, 7) is 3.96. The molecule has 0 bridgehead atoms. The summed E-state index contributed by atoms with van der Waals surface area (Å²) in [5.41, 5.74) is 6.99. The summed E-state index contributed by atoms with van der Waals surface area (Å²) in [5, 5.41) is 0. The standard InChI is InChI=1S/C13H20N2O/c1-10(2)15(3)13(16)12(14)9-11-7-5-4-6-8-11/h4-8,10,12H,9,14H2,1-3H3. The van der Waals surface area contributed by atoms with Gasteiger partial charge >= 0.3 is 0 Å². The maximum Gasteiger partial charge on any atom is 0.239 e. The van der Waals surface area contributed by atoms with Gasteiger partial charge in [0.25, 0.3) is 0 Å². The third kappa shape index (κ3) is 3.35. The number of likely N-dealkylation sites (N-methyl/N-ethyl adjacent to an activating group) is 1. The molecule has 0 fully saturated rings. The van der Waals surface area contributed by atoms with Crippen molar-refractivity contribution in [1.82, 2.24) is 4.90 Å². The van der Waals surface area contributed by atoms with Gasteiger partial charge in [0.05, 0.1) is 6.04 Å². The van der Waals surface area contributed by atoms with Crippen LogP contribution in [-0.4, -0.2) is 29.9 Å². The normalized spacial score (nSPS) is 12.6. The number of amides is 1. The van der Waals surface area contributed by atoms with Gasteiger partial charge in [0.15, 0.2) is 0 Å². The highest BCUT2D eigenvalue weighted by Gasteiger charge is 2.19. The SMILES string of the molecule is CC(C)N(C)C(=O)C(N)Cc1ccccc1. The number of rotatable bonds is 4. The highest BCUT2D eigenvalue weighted by molar-refractivity contribution is 5.81. The van der Waals surface area contributed by atoms with E-state index in [1.807, 2.05) is 44.2 Å². The lowest BCUT2D eigenvalue weighted by Crippen LogP contribution is -2.45. The molecule has 88 valence electrons. The van der Waals surface area contributed by atoms with Crippen LogP contribution in [0.4, 0.5) is 0 Å². The Kier molecular flexibility index (Phi) is 4.50. The molecule has 1 aromatic rings. The number of carbonyl (C=O) groups excluding carboxylic acids is 1. The number of nitrogens with two attached hydrogens (primary N) is 1. The van der Waals surface area contributed by atoms with E-state index in [2.05, 4.69) is 0 Å². The molecule has 0 aromatic heterocycles. The fourth-order valence-electron chi connectivity index (χ4n) is 1.47. The molecule has 1 rings (SSSR count). The number of benzene rings is 1. The molecule has 0 spiro atoms. The Balaban J connectivity index is 2.59. The van der Waals surface area contributed by atoms with Gasteiger partial charge < -0.3 is 10.6 Å². The number of carbonyl (C=O) groups is 1. The van der Waals surface area contributed by atoms with Crippen LogP contribution in [0.3, 0.4) is 0 Å². The Morgan fingerprint density at radius 2 is 1.88 bits per heavy atom. The molecular weight excluding hydrogens is 200 g/mol. The molecule has 3 heteroatoms. The van der Waals surface area contributed by atoms with Gasteiger partial charge in [0, 0.05) is 13.1 Å². The zero-order chi connectivity index (χ0) is 12.1. The maximum atomic E-state index is 11.9. The van der Waals surface area contributed by atoms with Crippen LogP contribution >= 0.6 is 0 Å². The van der Waals surface area contributed by atoms with Gasteiger partial charge in [-0.3, -0.25) is 4.79 Å². The van der Waals surface area contributed by atoms with Crippen LogP contribution in [0.1, 0.15) is 19.4 Å². The quantitative estimate of drug-likeness (QED) is 0.834. The first-order valence-corrected chi connectivity index (χ1v) is 5.58. The molecular formula is C13H20N2O. The van der Waals surface area contributed by atoms with Gasteiger partial charge in [-0.1, -0.05) is 30.3 Å². The first-order chi connectivity index (χ1) is 7.52. The Morgan fingerprint density at radius 3 is 2.38 bits per heavy atom. The molecule has 0 saturated heterocycles. The van der Waals surface area contributed by atoms with Gasteiger partial charge in [-0.2, -0.15) is 0 Å². The molecule has 0 saturated carbocycles. The lowest BCUT2D eigenvalue weighted by molar-refractivity contribution is -0.132. The Morgan fingerprint density at radius 1 is 1.31 bits per heavy atom. The van der Waals surface area contributed by atoms with Gasteiger partial charge in [0.1, 0.15) is 0 Å². The minimum absolute atomic E-state index is 0.00106. The third-order valence-electron chi connectivity index (χ3n) is 2.74. The van der Waals surface area contributed by atoms with E-state index in [1.165, 1.54) is 0 Å². The molecule has 1 unspecified atom stereocenters. The predicted octanol–water partition coefficient (Wildman–Crippen LogP) is 1.42. The van der Waals surface area contributed by atoms with E-state index >= 15 is 0 Å². The predicted molar refractivity (Wildman–Crippen MR) is 66.0 cm³/mol. The Bertz CT molecular complexity index is 335. The molecule has 0 radical (unpaired) electrons. The smallest absolute Gasteiger partial charge is 0.239 e. The van der Waals surface area contributed by atoms with E-state index in [9.17, 15) is 4.79 Å². The van der Waals surface area contributed by atoms with Gasteiger partial charge in [-0.15, -0.1) is 0 Å². The molecule has 1 atom stereocenters. The van der Waals surface area contributed by atoms with Crippen molar-refractivity contribution in [3.63, 3.8) is 0 Å². The minimum Gasteiger partial charge on any atom is -0.342 e. The van der Waals surface area contributed by atoms with Crippen molar-refractivity contribution >= 4 is 5.91 Å². The fraction of sp³-hybridized carbons (Fsp3) is 0.462. The van der Waals surface area contributed by atoms with E-state index in [4.69, 9.17) is 5.73 Å². The highest BCUT2D eigenvalue weighted by atomic mass is 16.2. The van der Waals surface area contributed by atoms with E-state index < -0.39 is 6.04 Å². The molecule has 1 amide bonds. The summed E-state index contributed by atoms with van der Waals surface area (Å²) in [6.07, 6.45) is 0.594. The molecule has 0 aliphatic rings. The van der Waals surface area contributed by atoms with Crippen LogP contribution in [-0.2, 0) is 11.2 Å². The molecule has 0 aliphatic heterocycles. The summed E-state index contributed by atoms with van der Waals surface area (Å²) in [6, 6.07) is 9.59. The maximum absolute atomic E-state index is 11.9. The van der Waals surface area contributed by atoms with Crippen LogP contribution in [0.15, 0.2) is 30.3 Å². The van der Waals surface area contributed by atoms with Gasteiger partial charge in [0.2, 0.25) is 5.91 Å². The van der Waals surface area contributed by atoms with Crippen molar-refractivity contribution < 1.29 is 4.79 Å². The molecule has 1 aromatic carbocycles. The van der Waals surface area contributed by atoms with Gasteiger partial charge in [-0.25, -0.2) is 0 Å². The van der Waals surface area contributed by atoms with Crippen LogP contribution in [0.5, 0.6) is 0 Å². The molecule has 0 heterocycles. The van der Waals surface area contributed by atoms with Crippen LogP contribution < -0.4 is 5.73 Å². The second-order valence-corrected chi connectivity index (χ2v) is 4.34. The van der Waals surface area contributed by atoms with E-state index in [-0.39, 0.29) is 11.9 Å². The summed E-state index contributed by atoms with van der Waals surface area (Å²) in [7, 11) is 1.79. The van der Waals surface area contributed by atoms with Crippen molar-refractivity contribution in [2.24, 2.45) is 5.73 Å². The molecule has 0 aliphatic carbocycles. The van der Waals surface area contributed by atoms with Gasteiger partial charge in [-0.05, 0) is 25.8 Å². The first-order valence-electron chi connectivity index (χ1n) is 5.58. The molecule has 2 N–H and O–H groups in total. The summed E-state index contributed by atoms with van der Waals surface area (Å²) < 4.78 is 0. The first kappa shape index (κ1) is 12.7. The Labute approximate surface area is 97.2 Å². The van der Waals surface area contributed by atoms with Crippen molar-refractivity contribution in [3.8, 4) is 0 Å². The Hall–Kier alpha value is -1.35. The summed E-state index contributed by atoms with van der Waals surface area (Å²) in [4.78, 5) is 13.6. The van der Waals surface area contributed by atoms with Crippen molar-refractivity contribution in [1.29, 1.82) is 0 Å². The topological polar surface area (TPSA) is 46.3 Å². The van der Waals surface area contributed by atoms with Crippen LogP contribution in [0.25, 0.3) is 0 Å². The number of hydrogen-bond donors (Lipinski definition) is 1. The molecule has 3 nitrogen and oxygen atoms in total. The van der Waals surface area contributed by atoms with Crippen LogP contribution in [0.2, 0.25) is 0 Å². The lowest BCUT2D eigenvalue weighted by atomic mass is 10.1. The van der Waals surface area contributed by atoms with Crippen molar-refractivity contribution in [2.75, 3.05) is 7.05 Å². The zero-order valence-electron chi connectivity index (χ0n) is 10.2. The number of nitrogens with zero attached hydrogens (tertiary/aromatic N) is 1. The molecule has 16 heavy (non-hydrogen) atoms. The average molecular weight is 220 g/mol. The van der Waals surface area contributed by atoms with E-state index in [0.717, 1.165) is 5.56 Å². The largest absolute Gasteiger partial charge is 0.342 e. The fourth-order valence-corrected chi connectivity index (χ4v) is 1.47. The van der Waals surface area contributed by atoms with Crippen molar-refractivity contribution in [3.05, 3.63) is 35.9 Å². The highest BCUT2D eigenvalue weighted by Crippen LogP contribution is 2.05. The summed E-state index contributed by atoms with van der Waals surface area (Å²) in [5.74, 6) is -0.00106. The second kappa shape index (κ2) is 5.66. The summed E-state index contributed by atoms with van der Waals surface area (Å²) >= 11 is 0. The zero-order valence-corrected chi connectivity index (χ0v) is 10.2. The van der Waals surface area contributed by atoms with Crippen molar-refractivity contribution in [2.45, 2.75) is 32.4 Å². The lowest BCUT2D eigenvalue weighted by Gasteiger charge is -2.24. The number of hydrogen-bond acceptors (Lipinski definition) is 2. The monoisotopic (exact) mass is 220 g/mol. The minimum atomic E-state index is -0.449. The van der Waals surface area contributed by atoms with E-state index in [0.29, 0.717) is 6.42 Å². The average Bonchev–Trinajstić information content (AvgIpc) is 2.28.